The Kier molecular flexibility index (Phi) is 6.15. The molecule has 0 radical (unpaired) electrons. The molecule has 1 saturated heterocycles. The molecule has 1 aromatic heterocycles. The maximum Gasteiger partial charge on any atom is 0.225 e. The van der Waals surface area contributed by atoms with Gasteiger partial charge in [-0.25, -0.2) is 9.97 Å². The van der Waals surface area contributed by atoms with Crippen molar-refractivity contribution in [1.82, 2.24) is 25.5 Å². The summed E-state index contributed by atoms with van der Waals surface area (Å²) in [6.45, 7) is 12.0. The number of hydrogen-bond donors (Lipinski definition) is 2. The molecule has 1 fully saturated rings. The Morgan fingerprint density at radius 1 is 1.13 bits per heavy atom. The lowest BCUT2D eigenvalue weighted by atomic mass is 10.1. The first-order valence-corrected chi connectivity index (χ1v) is 8.22. The van der Waals surface area contributed by atoms with E-state index in [4.69, 9.17) is 0 Å². The van der Waals surface area contributed by atoms with Gasteiger partial charge in [-0.2, -0.15) is 0 Å². The van der Waals surface area contributed by atoms with Crippen LogP contribution < -0.4 is 15.5 Å². The van der Waals surface area contributed by atoms with Crippen LogP contribution in [-0.4, -0.2) is 72.7 Å². The zero-order chi connectivity index (χ0) is 16.7. The molecule has 0 bridgehead atoms. The van der Waals surface area contributed by atoms with E-state index in [2.05, 4.69) is 56.2 Å². The largest absolute Gasteiger partial charge is 0.355 e. The first kappa shape index (κ1) is 17.5. The summed E-state index contributed by atoms with van der Waals surface area (Å²) in [6, 6.07) is 1.84. The van der Waals surface area contributed by atoms with Gasteiger partial charge < -0.3 is 20.4 Å². The van der Waals surface area contributed by atoms with Gasteiger partial charge in [-0.05, 0) is 26.8 Å². The highest BCUT2D eigenvalue weighted by atomic mass is 15.4. The van der Waals surface area contributed by atoms with Crippen LogP contribution in [0.15, 0.2) is 23.5 Å². The second-order valence-electron chi connectivity index (χ2n) is 6.67. The summed E-state index contributed by atoms with van der Waals surface area (Å²) < 4.78 is 0. The third kappa shape index (κ3) is 5.67. The lowest BCUT2D eigenvalue weighted by Gasteiger charge is -2.36. The van der Waals surface area contributed by atoms with Crippen LogP contribution in [0.2, 0.25) is 0 Å². The van der Waals surface area contributed by atoms with E-state index < -0.39 is 0 Å². The van der Waals surface area contributed by atoms with Crippen LogP contribution in [0, 0.1) is 0 Å². The third-order valence-electron chi connectivity index (χ3n) is 3.69. The minimum Gasteiger partial charge on any atom is -0.355 e. The van der Waals surface area contributed by atoms with E-state index in [1.165, 1.54) is 0 Å². The van der Waals surface area contributed by atoms with Gasteiger partial charge in [-0.1, -0.05) is 0 Å². The molecule has 0 saturated carbocycles. The first-order valence-electron chi connectivity index (χ1n) is 8.22. The van der Waals surface area contributed by atoms with Crippen molar-refractivity contribution in [2.45, 2.75) is 26.3 Å². The van der Waals surface area contributed by atoms with E-state index in [9.17, 15) is 0 Å². The highest BCUT2D eigenvalue weighted by Crippen LogP contribution is 2.09. The van der Waals surface area contributed by atoms with E-state index >= 15 is 0 Å². The molecule has 0 atom stereocenters. The first-order chi connectivity index (χ1) is 11.0. The summed E-state index contributed by atoms with van der Waals surface area (Å²) in [5.74, 6) is 1.78. The van der Waals surface area contributed by atoms with E-state index in [0.717, 1.165) is 51.2 Å². The topological polar surface area (TPSA) is 68.7 Å². The molecule has 7 nitrogen and oxygen atoms in total. The molecule has 2 rings (SSSR count). The van der Waals surface area contributed by atoms with Crippen LogP contribution in [-0.2, 0) is 0 Å². The van der Waals surface area contributed by atoms with E-state index in [1.54, 1.807) is 12.4 Å². The molecule has 0 unspecified atom stereocenters. The number of nitrogens with zero attached hydrogens (tertiary/aromatic N) is 5. The summed E-state index contributed by atoms with van der Waals surface area (Å²) in [5.41, 5.74) is 0.145. The molecule has 0 aromatic carbocycles. The maximum atomic E-state index is 4.40. The summed E-state index contributed by atoms with van der Waals surface area (Å²) in [6.07, 6.45) is 3.58. The van der Waals surface area contributed by atoms with Crippen molar-refractivity contribution in [3.05, 3.63) is 18.5 Å². The molecule has 1 aromatic rings. The number of aliphatic imine (C=N–C) groups is 1. The fourth-order valence-electron chi connectivity index (χ4n) is 2.52. The molecule has 2 heterocycles. The Bertz CT molecular complexity index is 487. The summed E-state index contributed by atoms with van der Waals surface area (Å²) in [4.78, 5) is 17.5. The van der Waals surface area contributed by atoms with E-state index in [-0.39, 0.29) is 5.54 Å². The van der Waals surface area contributed by atoms with Gasteiger partial charge in [0.15, 0.2) is 5.96 Å². The molecule has 0 spiro atoms. The van der Waals surface area contributed by atoms with Crippen LogP contribution in [0.1, 0.15) is 20.8 Å². The Morgan fingerprint density at radius 3 is 2.35 bits per heavy atom. The van der Waals surface area contributed by atoms with E-state index in [0.29, 0.717) is 0 Å². The SMILES string of the molecule is CN=C(NCCNC(C)(C)C)N1CCN(c2ncccn2)CC1. The summed E-state index contributed by atoms with van der Waals surface area (Å²) in [5, 5.41) is 6.90. The number of guanidine groups is 1. The predicted molar refractivity (Wildman–Crippen MR) is 94.9 cm³/mol. The molecule has 0 amide bonds. The molecular weight excluding hydrogens is 290 g/mol. The number of aromatic nitrogens is 2. The Hall–Kier alpha value is -1.89. The average Bonchev–Trinajstić information content (AvgIpc) is 2.55. The fourth-order valence-corrected chi connectivity index (χ4v) is 2.52. The van der Waals surface area contributed by atoms with Crippen LogP contribution in [0.4, 0.5) is 5.95 Å². The smallest absolute Gasteiger partial charge is 0.225 e. The monoisotopic (exact) mass is 319 g/mol. The van der Waals surface area contributed by atoms with Crippen LogP contribution in [0.3, 0.4) is 0 Å². The minimum atomic E-state index is 0.145. The van der Waals surface area contributed by atoms with Gasteiger partial charge in [0.05, 0.1) is 0 Å². The standard InChI is InChI=1S/C16H29N7/c1-16(2,3)21-9-8-20-14(17-4)22-10-12-23(13-11-22)15-18-6-5-7-19-15/h5-7,21H,8-13H2,1-4H3,(H,17,20). The summed E-state index contributed by atoms with van der Waals surface area (Å²) >= 11 is 0. The second kappa shape index (κ2) is 8.10. The molecule has 23 heavy (non-hydrogen) atoms. The Labute approximate surface area is 139 Å². The van der Waals surface area contributed by atoms with Crippen molar-refractivity contribution in [2.24, 2.45) is 4.99 Å². The van der Waals surface area contributed by atoms with Gasteiger partial charge in [0, 0.05) is 64.2 Å². The Morgan fingerprint density at radius 2 is 1.78 bits per heavy atom. The normalized spacial score (nSPS) is 16.6. The molecular formula is C16H29N7. The molecule has 2 N–H and O–H groups in total. The maximum absolute atomic E-state index is 4.40. The van der Waals surface area contributed by atoms with Gasteiger partial charge in [-0.3, -0.25) is 4.99 Å². The summed E-state index contributed by atoms with van der Waals surface area (Å²) in [7, 11) is 1.84. The molecule has 0 aliphatic carbocycles. The number of nitrogens with one attached hydrogen (secondary N) is 2. The van der Waals surface area contributed by atoms with Gasteiger partial charge in [-0.15, -0.1) is 0 Å². The lowest BCUT2D eigenvalue weighted by Crippen LogP contribution is -2.53. The third-order valence-corrected chi connectivity index (χ3v) is 3.69. The van der Waals surface area contributed by atoms with Crippen LogP contribution in [0.25, 0.3) is 0 Å². The van der Waals surface area contributed by atoms with Crippen molar-refractivity contribution >= 4 is 11.9 Å². The highest BCUT2D eigenvalue weighted by molar-refractivity contribution is 5.80. The van der Waals surface area contributed by atoms with Gasteiger partial charge in [0.25, 0.3) is 0 Å². The van der Waals surface area contributed by atoms with Crippen LogP contribution in [0.5, 0.6) is 0 Å². The van der Waals surface area contributed by atoms with Gasteiger partial charge >= 0.3 is 0 Å². The predicted octanol–water partition coefficient (Wildman–Crippen LogP) is 0.562. The fraction of sp³-hybridized carbons (Fsp3) is 0.688. The second-order valence-corrected chi connectivity index (χ2v) is 6.67. The molecule has 1 aliphatic rings. The highest BCUT2D eigenvalue weighted by Gasteiger charge is 2.20. The molecule has 128 valence electrons. The van der Waals surface area contributed by atoms with Gasteiger partial charge in [0.1, 0.15) is 0 Å². The zero-order valence-corrected chi connectivity index (χ0v) is 14.7. The van der Waals surface area contributed by atoms with Crippen molar-refractivity contribution in [3.63, 3.8) is 0 Å². The molecule has 7 heteroatoms. The van der Waals surface area contributed by atoms with Crippen molar-refractivity contribution in [1.29, 1.82) is 0 Å². The zero-order valence-electron chi connectivity index (χ0n) is 14.7. The van der Waals surface area contributed by atoms with Crippen LogP contribution >= 0.6 is 0 Å². The van der Waals surface area contributed by atoms with Crippen molar-refractivity contribution in [3.8, 4) is 0 Å². The molecule has 1 aliphatic heterocycles. The van der Waals surface area contributed by atoms with Crippen molar-refractivity contribution < 1.29 is 0 Å². The quantitative estimate of drug-likeness (QED) is 0.480. The average molecular weight is 319 g/mol. The number of piperazine rings is 1. The Balaban J connectivity index is 1.76. The lowest BCUT2D eigenvalue weighted by molar-refractivity contribution is 0.367. The van der Waals surface area contributed by atoms with E-state index in [1.807, 2.05) is 13.1 Å². The van der Waals surface area contributed by atoms with Crippen molar-refractivity contribution in [2.75, 3.05) is 51.2 Å². The number of rotatable bonds is 4. The minimum absolute atomic E-state index is 0.145. The van der Waals surface area contributed by atoms with Gasteiger partial charge in [0.2, 0.25) is 5.95 Å². The number of hydrogen-bond acceptors (Lipinski definition) is 5. The number of anilines is 1.